The van der Waals surface area contributed by atoms with Gasteiger partial charge in [0.15, 0.2) is 5.96 Å². The fourth-order valence-electron chi connectivity index (χ4n) is 3.59. The summed E-state index contributed by atoms with van der Waals surface area (Å²) in [4.78, 5) is 8.10. The molecule has 0 radical (unpaired) electrons. The van der Waals surface area contributed by atoms with E-state index in [1.54, 1.807) is 25.6 Å². The van der Waals surface area contributed by atoms with Gasteiger partial charge < -0.3 is 24.4 Å². The molecule has 0 amide bonds. The van der Waals surface area contributed by atoms with Crippen molar-refractivity contribution < 1.29 is 14.2 Å². The number of hydrogen-bond acceptors (Lipinski definition) is 5. The highest BCUT2D eigenvalue weighted by Gasteiger charge is 2.21. The number of halogens is 1. The third kappa shape index (κ3) is 7.93. The Hall–Kier alpha value is -1.36. The zero-order valence-corrected chi connectivity index (χ0v) is 21.8. The predicted molar refractivity (Wildman–Crippen MR) is 139 cm³/mol. The molecule has 6 nitrogen and oxygen atoms in total. The SMILES string of the molecule is CN=C(NCc1cc(-c2ccc(OC)cc2)cs1)N1CCC(OCCCOC)CC1.I. The molecule has 1 aromatic heterocycles. The predicted octanol–water partition coefficient (Wildman–Crippen LogP) is 4.63. The van der Waals surface area contributed by atoms with Gasteiger partial charge in [-0.1, -0.05) is 12.1 Å². The fourth-order valence-corrected chi connectivity index (χ4v) is 4.43. The second-order valence-corrected chi connectivity index (χ2v) is 8.33. The van der Waals surface area contributed by atoms with E-state index >= 15 is 0 Å². The van der Waals surface area contributed by atoms with Gasteiger partial charge in [-0.25, -0.2) is 0 Å². The van der Waals surface area contributed by atoms with Gasteiger partial charge in [0, 0.05) is 45.3 Å². The molecule has 0 spiro atoms. The number of thiophene rings is 1. The Morgan fingerprint density at radius 1 is 1.13 bits per heavy atom. The van der Waals surface area contributed by atoms with Crippen molar-refractivity contribution in [1.29, 1.82) is 0 Å². The van der Waals surface area contributed by atoms with Crippen LogP contribution in [0.25, 0.3) is 11.1 Å². The van der Waals surface area contributed by atoms with E-state index < -0.39 is 0 Å². The van der Waals surface area contributed by atoms with Gasteiger partial charge in [-0.3, -0.25) is 4.99 Å². The molecule has 172 valence electrons. The summed E-state index contributed by atoms with van der Waals surface area (Å²) in [6, 6.07) is 10.4. The lowest BCUT2D eigenvalue weighted by atomic mass is 10.1. The maximum absolute atomic E-state index is 5.96. The molecule has 1 aromatic carbocycles. The average molecular weight is 560 g/mol. The van der Waals surface area contributed by atoms with E-state index in [0.717, 1.165) is 63.8 Å². The Bertz CT molecular complexity index is 790. The summed E-state index contributed by atoms with van der Waals surface area (Å²) in [5, 5.41) is 5.72. The van der Waals surface area contributed by atoms with Crippen molar-refractivity contribution in [2.24, 2.45) is 4.99 Å². The standard InChI is InChI=1S/C23H33N3O3S.HI/c1-24-23(26-11-9-21(10-12-26)29-14-4-13-27-2)25-16-22-15-19(17-30-22)18-5-7-20(28-3)8-6-18;/h5-8,15,17,21H,4,9-14,16H2,1-3H3,(H,24,25);1H. The molecule has 0 aliphatic carbocycles. The molecule has 2 aromatic rings. The van der Waals surface area contributed by atoms with Gasteiger partial charge in [0.25, 0.3) is 0 Å². The van der Waals surface area contributed by atoms with Crippen molar-refractivity contribution in [2.45, 2.75) is 31.9 Å². The van der Waals surface area contributed by atoms with E-state index in [1.165, 1.54) is 16.0 Å². The molecule has 8 heteroatoms. The van der Waals surface area contributed by atoms with E-state index in [9.17, 15) is 0 Å². The van der Waals surface area contributed by atoms with E-state index in [0.29, 0.717) is 6.10 Å². The van der Waals surface area contributed by atoms with E-state index in [2.05, 4.69) is 38.8 Å². The Balaban J connectivity index is 0.00000341. The Labute approximate surface area is 207 Å². The third-order valence-corrected chi connectivity index (χ3v) is 6.23. The van der Waals surface area contributed by atoms with E-state index in [-0.39, 0.29) is 24.0 Å². The molecular formula is C23H34IN3O3S. The maximum atomic E-state index is 5.96. The number of nitrogens with zero attached hydrogens (tertiary/aromatic N) is 2. The molecule has 3 rings (SSSR count). The quantitative estimate of drug-likeness (QED) is 0.210. The molecule has 0 bridgehead atoms. The summed E-state index contributed by atoms with van der Waals surface area (Å²) in [7, 11) is 5.27. The zero-order chi connectivity index (χ0) is 21.2. The fraction of sp³-hybridized carbons (Fsp3) is 0.522. The highest BCUT2D eigenvalue weighted by atomic mass is 127. The monoisotopic (exact) mass is 559 g/mol. The Kier molecular flexibility index (Phi) is 11.6. The van der Waals surface area contributed by atoms with Crippen LogP contribution in [0.15, 0.2) is 40.7 Å². The summed E-state index contributed by atoms with van der Waals surface area (Å²) >= 11 is 1.77. The molecule has 2 heterocycles. The van der Waals surface area contributed by atoms with Crippen LogP contribution in [0, 0.1) is 0 Å². The number of piperidine rings is 1. The highest BCUT2D eigenvalue weighted by molar-refractivity contribution is 14.0. The zero-order valence-electron chi connectivity index (χ0n) is 18.6. The summed E-state index contributed by atoms with van der Waals surface area (Å²) in [6.45, 7) is 4.26. The molecule has 1 aliphatic heterocycles. The van der Waals surface area contributed by atoms with Crippen molar-refractivity contribution >= 4 is 41.3 Å². The van der Waals surface area contributed by atoms with Gasteiger partial charge in [0.2, 0.25) is 0 Å². The van der Waals surface area contributed by atoms with Gasteiger partial charge in [-0.15, -0.1) is 35.3 Å². The number of methoxy groups -OCH3 is 2. The van der Waals surface area contributed by atoms with E-state index in [1.807, 2.05) is 19.2 Å². The van der Waals surface area contributed by atoms with Gasteiger partial charge in [0.05, 0.1) is 19.8 Å². The number of aliphatic imine (C=N–C) groups is 1. The lowest BCUT2D eigenvalue weighted by Gasteiger charge is -2.34. The smallest absolute Gasteiger partial charge is 0.193 e. The first-order valence-corrected chi connectivity index (χ1v) is 11.4. The number of benzene rings is 1. The van der Waals surface area contributed by atoms with Crippen LogP contribution in [0.5, 0.6) is 5.75 Å². The molecule has 1 N–H and O–H groups in total. The molecule has 0 unspecified atom stereocenters. The van der Waals surface area contributed by atoms with Gasteiger partial charge in [-0.05, 0) is 54.0 Å². The summed E-state index contributed by atoms with van der Waals surface area (Å²) in [5.74, 6) is 1.84. The van der Waals surface area contributed by atoms with Crippen molar-refractivity contribution in [3.63, 3.8) is 0 Å². The van der Waals surface area contributed by atoms with Crippen LogP contribution < -0.4 is 10.1 Å². The topological polar surface area (TPSA) is 55.3 Å². The first kappa shape index (κ1) is 25.9. The molecular weight excluding hydrogens is 525 g/mol. The van der Waals surface area contributed by atoms with Gasteiger partial charge in [-0.2, -0.15) is 0 Å². The second-order valence-electron chi connectivity index (χ2n) is 7.33. The van der Waals surface area contributed by atoms with Crippen LogP contribution in [0.2, 0.25) is 0 Å². The van der Waals surface area contributed by atoms with Gasteiger partial charge >= 0.3 is 0 Å². The number of hydrogen-bond donors (Lipinski definition) is 1. The first-order valence-electron chi connectivity index (χ1n) is 10.5. The normalized spacial score (nSPS) is 14.9. The lowest BCUT2D eigenvalue weighted by molar-refractivity contribution is 0.00990. The second kappa shape index (κ2) is 13.9. The minimum absolute atomic E-state index is 0. The van der Waals surface area contributed by atoms with Crippen LogP contribution in [-0.4, -0.2) is 64.5 Å². The van der Waals surface area contributed by atoms with Crippen LogP contribution in [0.3, 0.4) is 0 Å². The Morgan fingerprint density at radius 2 is 1.87 bits per heavy atom. The molecule has 1 saturated heterocycles. The average Bonchev–Trinajstić information content (AvgIpc) is 3.27. The largest absolute Gasteiger partial charge is 0.497 e. The van der Waals surface area contributed by atoms with Crippen molar-refractivity contribution in [3.05, 3.63) is 40.6 Å². The minimum atomic E-state index is 0. The summed E-state index contributed by atoms with van der Waals surface area (Å²) in [5.41, 5.74) is 2.44. The molecule has 0 saturated carbocycles. The lowest BCUT2D eigenvalue weighted by Crippen LogP contribution is -2.46. The van der Waals surface area contributed by atoms with Crippen LogP contribution in [-0.2, 0) is 16.0 Å². The Morgan fingerprint density at radius 3 is 2.52 bits per heavy atom. The van der Waals surface area contributed by atoms with Crippen molar-refractivity contribution in [2.75, 3.05) is 47.6 Å². The van der Waals surface area contributed by atoms with Gasteiger partial charge in [0.1, 0.15) is 5.75 Å². The van der Waals surface area contributed by atoms with E-state index in [4.69, 9.17) is 14.2 Å². The molecule has 1 aliphatic rings. The van der Waals surface area contributed by atoms with Crippen molar-refractivity contribution in [1.82, 2.24) is 10.2 Å². The molecule has 31 heavy (non-hydrogen) atoms. The number of nitrogens with one attached hydrogen (secondary N) is 1. The molecule has 0 atom stereocenters. The number of ether oxygens (including phenoxy) is 3. The molecule has 1 fully saturated rings. The van der Waals surface area contributed by atoms with Crippen LogP contribution in [0.4, 0.5) is 0 Å². The number of likely N-dealkylation sites (tertiary alicyclic amines) is 1. The van der Waals surface area contributed by atoms with Crippen molar-refractivity contribution in [3.8, 4) is 16.9 Å². The first-order chi connectivity index (χ1) is 14.7. The minimum Gasteiger partial charge on any atom is -0.497 e. The number of rotatable bonds is 9. The summed E-state index contributed by atoms with van der Waals surface area (Å²) < 4.78 is 16.3. The summed E-state index contributed by atoms with van der Waals surface area (Å²) in [6.07, 6.45) is 3.38. The van der Waals surface area contributed by atoms with Crippen LogP contribution in [0.1, 0.15) is 24.1 Å². The third-order valence-electron chi connectivity index (χ3n) is 5.30. The maximum Gasteiger partial charge on any atom is 0.193 e. The van der Waals surface area contributed by atoms with Crippen LogP contribution >= 0.6 is 35.3 Å². The number of guanidine groups is 1. The highest BCUT2D eigenvalue weighted by Crippen LogP contribution is 2.27.